The van der Waals surface area contributed by atoms with E-state index in [1.807, 2.05) is 0 Å². The maximum atomic E-state index is 12.1. The van der Waals surface area contributed by atoms with Gasteiger partial charge in [0, 0.05) is 11.4 Å². The summed E-state index contributed by atoms with van der Waals surface area (Å²) in [6.07, 6.45) is 7.81. The summed E-state index contributed by atoms with van der Waals surface area (Å²) in [7, 11) is 0. The average Bonchev–Trinajstić information content (AvgIpc) is 2.40. The number of anilines is 1. The predicted octanol–water partition coefficient (Wildman–Crippen LogP) is 3.57. The van der Waals surface area contributed by atoms with Crippen LogP contribution in [0.2, 0.25) is 5.02 Å². The number of nitrogens with two attached hydrogens (primary N) is 1. The number of nitrogen functional groups attached to an aromatic ring is 1. The second-order valence-corrected chi connectivity index (χ2v) is 6.31. The molecular weight excluding hydrogens is 268 g/mol. The first-order chi connectivity index (χ1) is 8.66. The van der Waals surface area contributed by atoms with Crippen molar-refractivity contribution >= 4 is 35.0 Å². The highest BCUT2D eigenvalue weighted by Gasteiger charge is 2.17. The average molecular weight is 285 g/mol. The van der Waals surface area contributed by atoms with Gasteiger partial charge in [-0.15, -0.1) is 0 Å². The Balaban J connectivity index is 1.92. The van der Waals surface area contributed by atoms with Crippen molar-refractivity contribution in [3.63, 3.8) is 0 Å². The highest BCUT2D eigenvalue weighted by atomic mass is 35.5. The van der Waals surface area contributed by atoms with E-state index in [0.29, 0.717) is 21.6 Å². The van der Waals surface area contributed by atoms with Crippen LogP contribution < -0.4 is 5.73 Å². The van der Waals surface area contributed by atoms with E-state index in [1.54, 1.807) is 17.8 Å². The van der Waals surface area contributed by atoms with Gasteiger partial charge in [-0.1, -0.05) is 30.9 Å². The van der Waals surface area contributed by atoms with Gasteiger partial charge in [0.25, 0.3) is 0 Å². The van der Waals surface area contributed by atoms with Crippen LogP contribution in [0.4, 0.5) is 5.82 Å². The van der Waals surface area contributed by atoms with Crippen LogP contribution in [-0.4, -0.2) is 21.8 Å². The number of halogens is 1. The number of rotatable bonds is 4. The van der Waals surface area contributed by atoms with E-state index < -0.39 is 0 Å². The van der Waals surface area contributed by atoms with E-state index >= 15 is 0 Å². The Morgan fingerprint density at radius 1 is 1.44 bits per heavy atom. The molecule has 1 aliphatic carbocycles. The molecule has 0 amide bonds. The summed E-state index contributed by atoms with van der Waals surface area (Å²) in [5.74, 6) is 0.767. The number of nitrogens with zero attached hydrogens (tertiary/aromatic N) is 1. The zero-order chi connectivity index (χ0) is 13.0. The van der Waals surface area contributed by atoms with Crippen LogP contribution in [0, 0.1) is 0 Å². The summed E-state index contributed by atoms with van der Waals surface area (Å²) in [4.78, 5) is 16.0. The number of hydrogen-bond acceptors (Lipinski definition) is 4. The molecule has 1 fully saturated rings. The molecule has 3 nitrogen and oxygen atoms in total. The Hall–Kier alpha value is -0.740. The minimum Gasteiger partial charge on any atom is -0.383 e. The molecule has 0 atom stereocenters. The second kappa shape index (κ2) is 6.43. The van der Waals surface area contributed by atoms with Gasteiger partial charge in [0.15, 0.2) is 5.78 Å². The molecule has 98 valence electrons. The number of ketones is 1. The summed E-state index contributed by atoms with van der Waals surface area (Å²) in [6, 6.07) is 1.60. The highest BCUT2D eigenvalue weighted by Crippen LogP contribution is 2.29. The third-order valence-electron chi connectivity index (χ3n) is 3.19. The first kappa shape index (κ1) is 13.7. The number of Topliss-reactive ketones (excluding diaryl/α,β-unsaturated/α-hetero) is 1. The van der Waals surface area contributed by atoms with E-state index in [9.17, 15) is 4.79 Å². The van der Waals surface area contributed by atoms with Gasteiger partial charge in [-0.25, -0.2) is 4.98 Å². The molecule has 2 rings (SSSR count). The molecule has 5 heteroatoms. The molecule has 1 saturated carbocycles. The molecule has 0 unspecified atom stereocenters. The summed E-state index contributed by atoms with van der Waals surface area (Å²) in [5.41, 5.74) is 6.15. The van der Waals surface area contributed by atoms with Crippen LogP contribution in [0.1, 0.15) is 42.5 Å². The van der Waals surface area contributed by atoms with Crippen molar-refractivity contribution in [3.8, 4) is 0 Å². The van der Waals surface area contributed by atoms with Gasteiger partial charge in [-0.3, -0.25) is 4.79 Å². The molecule has 1 aromatic heterocycles. The lowest BCUT2D eigenvalue weighted by molar-refractivity contribution is 0.102. The molecule has 2 N–H and O–H groups in total. The van der Waals surface area contributed by atoms with E-state index in [-0.39, 0.29) is 11.6 Å². The van der Waals surface area contributed by atoms with Crippen LogP contribution in [0.3, 0.4) is 0 Å². The van der Waals surface area contributed by atoms with Crippen molar-refractivity contribution in [3.05, 3.63) is 22.8 Å². The lowest BCUT2D eigenvalue weighted by atomic mass is 10.0. The Morgan fingerprint density at radius 3 is 2.89 bits per heavy atom. The quantitative estimate of drug-likeness (QED) is 0.859. The maximum absolute atomic E-state index is 12.1. The molecule has 18 heavy (non-hydrogen) atoms. The number of aromatic nitrogens is 1. The van der Waals surface area contributed by atoms with Crippen molar-refractivity contribution in [2.75, 3.05) is 11.5 Å². The zero-order valence-corrected chi connectivity index (χ0v) is 11.8. The Morgan fingerprint density at radius 2 is 2.17 bits per heavy atom. The molecule has 0 saturated heterocycles. The molecular formula is C13H17ClN2OS. The Kier molecular flexibility index (Phi) is 4.89. The SMILES string of the molecule is Nc1ncc(Cl)cc1C(=O)CSC1CCCCC1. The molecule has 1 aromatic rings. The van der Waals surface area contributed by atoms with Crippen LogP contribution >= 0.6 is 23.4 Å². The van der Waals surface area contributed by atoms with Gasteiger partial charge < -0.3 is 5.73 Å². The Labute approximate surface area is 116 Å². The van der Waals surface area contributed by atoms with Crippen molar-refractivity contribution in [1.29, 1.82) is 0 Å². The standard InChI is InChI=1S/C13H17ClN2OS/c14-9-6-11(13(15)16-7-9)12(17)8-18-10-4-2-1-3-5-10/h6-7,10H,1-5,8H2,(H2,15,16). The monoisotopic (exact) mass is 284 g/mol. The zero-order valence-electron chi connectivity index (χ0n) is 10.2. The Bertz CT molecular complexity index is 433. The number of carbonyl (C=O) groups excluding carboxylic acids is 1. The number of pyridine rings is 1. The summed E-state index contributed by atoms with van der Waals surface area (Å²) < 4.78 is 0. The molecule has 1 heterocycles. The minimum absolute atomic E-state index is 0.0260. The summed E-state index contributed by atoms with van der Waals surface area (Å²) in [6.45, 7) is 0. The fourth-order valence-electron chi connectivity index (χ4n) is 2.18. The van der Waals surface area contributed by atoms with Crippen LogP contribution in [0.15, 0.2) is 12.3 Å². The van der Waals surface area contributed by atoms with Gasteiger partial charge in [-0.05, 0) is 18.9 Å². The highest BCUT2D eigenvalue weighted by molar-refractivity contribution is 8.00. The van der Waals surface area contributed by atoms with E-state index in [0.717, 1.165) is 0 Å². The predicted molar refractivity (Wildman–Crippen MR) is 77.3 cm³/mol. The van der Waals surface area contributed by atoms with Gasteiger partial charge in [-0.2, -0.15) is 11.8 Å². The van der Waals surface area contributed by atoms with Gasteiger partial charge in [0.05, 0.1) is 16.3 Å². The van der Waals surface area contributed by atoms with Crippen LogP contribution in [0.5, 0.6) is 0 Å². The smallest absolute Gasteiger partial charge is 0.176 e. The molecule has 0 aromatic carbocycles. The minimum atomic E-state index is 0.0260. The van der Waals surface area contributed by atoms with Crippen molar-refractivity contribution in [2.45, 2.75) is 37.4 Å². The third kappa shape index (κ3) is 3.62. The largest absolute Gasteiger partial charge is 0.383 e. The summed E-state index contributed by atoms with van der Waals surface area (Å²) in [5, 5.41) is 1.08. The fraction of sp³-hybridized carbons (Fsp3) is 0.538. The van der Waals surface area contributed by atoms with Crippen molar-refractivity contribution < 1.29 is 4.79 Å². The van der Waals surface area contributed by atoms with Crippen molar-refractivity contribution in [2.24, 2.45) is 0 Å². The topological polar surface area (TPSA) is 56.0 Å². The number of thioether (sulfide) groups is 1. The second-order valence-electron chi connectivity index (χ2n) is 4.58. The van der Waals surface area contributed by atoms with Gasteiger partial charge >= 0.3 is 0 Å². The third-order valence-corrected chi connectivity index (χ3v) is 4.77. The maximum Gasteiger partial charge on any atom is 0.176 e. The van der Waals surface area contributed by atoms with Crippen LogP contribution in [0.25, 0.3) is 0 Å². The molecule has 0 spiro atoms. The number of carbonyl (C=O) groups is 1. The first-order valence-electron chi connectivity index (χ1n) is 6.22. The van der Waals surface area contributed by atoms with Crippen molar-refractivity contribution in [1.82, 2.24) is 4.98 Å². The molecule has 0 bridgehead atoms. The molecule has 0 radical (unpaired) electrons. The first-order valence-corrected chi connectivity index (χ1v) is 7.65. The molecule has 1 aliphatic rings. The van der Waals surface area contributed by atoms with Gasteiger partial charge in [0.1, 0.15) is 5.82 Å². The van der Waals surface area contributed by atoms with Crippen LogP contribution in [-0.2, 0) is 0 Å². The van der Waals surface area contributed by atoms with E-state index in [2.05, 4.69) is 4.98 Å². The number of hydrogen-bond donors (Lipinski definition) is 1. The molecule has 0 aliphatic heterocycles. The van der Waals surface area contributed by atoms with E-state index in [4.69, 9.17) is 17.3 Å². The fourth-order valence-corrected chi connectivity index (χ4v) is 3.54. The normalized spacial score (nSPS) is 16.7. The van der Waals surface area contributed by atoms with E-state index in [1.165, 1.54) is 38.3 Å². The van der Waals surface area contributed by atoms with Gasteiger partial charge in [0.2, 0.25) is 0 Å². The lowest BCUT2D eigenvalue weighted by Crippen LogP contribution is -2.13. The lowest BCUT2D eigenvalue weighted by Gasteiger charge is -2.20. The summed E-state index contributed by atoms with van der Waals surface area (Å²) >= 11 is 7.57.